The first-order chi connectivity index (χ1) is 16.3. The Morgan fingerprint density at radius 1 is 0.515 bits per heavy atom. The van der Waals surface area contributed by atoms with Crippen molar-refractivity contribution in [3.05, 3.63) is 121 Å². The van der Waals surface area contributed by atoms with Crippen LogP contribution < -0.4 is 0 Å². The minimum atomic E-state index is 0.973. The SMILES string of the molecule is N=Cc1cccc2sc3ccc(-c4ccc(-c5ccccc5)c(-c5ccccc5)c4)cc3c12. The molecule has 0 amide bonds. The normalized spacial score (nSPS) is 11.2. The van der Waals surface area contributed by atoms with Gasteiger partial charge in [0.2, 0.25) is 0 Å². The molecule has 0 atom stereocenters. The van der Waals surface area contributed by atoms with Crippen molar-refractivity contribution < 1.29 is 0 Å². The molecule has 0 fully saturated rings. The van der Waals surface area contributed by atoms with Crippen LogP contribution in [0.15, 0.2) is 115 Å². The highest BCUT2D eigenvalue weighted by molar-refractivity contribution is 7.25. The van der Waals surface area contributed by atoms with Crippen LogP contribution in [0.5, 0.6) is 0 Å². The molecule has 0 aliphatic heterocycles. The van der Waals surface area contributed by atoms with Gasteiger partial charge in [0.05, 0.1) is 0 Å². The Bertz CT molecular complexity index is 1610. The minimum absolute atomic E-state index is 0.973. The summed E-state index contributed by atoms with van der Waals surface area (Å²) in [5.41, 5.74) is 8.26. The molecule has 156 valence electrons. The third-order valence-corrected chi connectivity index (χ3v) is 7.34. The summed E-state index contributed by atoms with van der Waals surface area (Å²) in [6, 6.07) is 40.9. The number of nitrogens with one attached hydrogen (secondary N) is 1. The number of hydrogen-bond donors (Lipinski definition) is 1. The van der Waals surface area contributed by atoms with Gasteiger partial charge in [-0.05, 0) is 57.6 Å². The quantitative estimate of drug-likeness (QED) is 0.265. The smallest absolute Gasteiger partial charge is 0.0361 e. The molecular formula is C31H21NS. The molecule has 0 aliphatic carbocycles. The zero-order valence-electron chi connectivity index (χ0n) is 18.0. The molecule has 0 saturated carbocycles. The van der Waals surface area contributed by atoms with Crippen molar-refractivity contribution in [2.24, 2.45) is 0 Å². The van der Waals surface area contributed by atoms with E-state index in [0.717, 1.165) is 5.56 Å². The summed E-state index contributed by atoms with van der Waals surface area (Å²) in [5.74, 6) is 0. The van der Waals surface area contributed by atoms with Gasteiger partial charge in [0, 0.05) is 32.0 Å². The fourth-order valence-corrected chi connectivity index (χ4v) is 5.72. The number of rotatable bonds is 4. The van der Waals surface area contributed by atoms with Crippen molar-refractivity contribution in [1.29, 1.82) is 5.41 Å². The predicted octanol–water partition coefficient (Wildman–Crippen LogP) is 9.05. The van der Waals surface area contributed by atoms with Crippen LogP contribution in [-0.2, 0) is 0 Å². The van der Waals surface area contributed by atoms with Crippen LogP contribution in [0.4, 0.5) is 0 Å². The third kappa shape index (κ3) is 3.45. The Hall–Kier alpha value is -4.01. The maximum atomic E-state index is 7.87. The molecule has 0 spiro atoms. The highest BCUT2D eigenvalue weighted by Crippen LogP contribution is 2.40. The van der Waals surface area contributed by atoms with Gasteiger partial charge in [-0.25, -0.2) is 0 Å². The first-order valence-corrected chi connectivity index (χ1v) is 11.8. The van der Waals surface area contributed by atoms with Crippen molar-refractivity contribution in [2.45, 2.75) is 0 Å². The zero-order valence-corrected chi connectivity index (χ0v) is 18.8. The Kier molecular flexibility index (Phi) is 4.86. The third-order valence-electron chi connectivity index (χ3n) is 6.21. The average Bonchev–Trinajstić information content (AvgIpc) is 3.27. The van der Waals surface area contributed by atoms with Crippen molar-refractivity contribution in [3.63, 3.8) is 0 Å². The molecule has 1 aromatic heterocycles. The topological polar surface area (TPSA) is 23.9 Å². The van der Waals surface area contributed by atoms with E-state index in [2.05, 4.69) is 103 Å². The summed E-state index contributed by atoms with van der Waals surface area (Å²) in [5, 5.41) is 10.3. The first kappa shape index (κ1) is 19.7. The fraction of sp³-hybridized carbons (Fsp3) is 0. The van der Waals surface area contributed by atoms with E-state index in [1.165, 1.54) is 59.8 Å². The largest absolute Gasteiger partial charge is 0.308 e. The van der Waals surface area contributed by atoms with Crippen LogP contribution in [0.2, 0.25) is 0 Å². The number of fused-ring (bicyclic) bond motifs is 3. The van der Waals surface area contributed by atoms with E-state index < -0.39 is 0 Å². The maximum Gasteiger partial charge on any atom is 0.0361 e. The first-order valence-electron chi connectivity index (χ1n) is 11.0. The summed E-state index contributed by atoms with van der Waals surface area (Å²) < 4.78 is 2.49. The lowest BCUT2D eigenvalue weighted by molar-refractivity contribution is 1.56. The lowest BCUT2D eigenvalue weighted by atomic mass is 9.91. The molecule has 1 heterocycles. The summed E-state index contributed by atoms with van der Waals surface area (Å²) in [4.78, 5) is 0. The van der Waals surface area contributed by atoms with Crippen LogP contribution in [0.25, 0.3) is 53.6 Å². The summed E-state index contributed by atoms with van der Waals surface area (Å²) in [6.45, 7) is 0. The maximum absolute atomic E-state index is 7.87. The average molecular weight is 440 g/mol. The second-order valence-corrected chi connectivity index (χ2v) is 9.25. The number of benzene rings is 5. The van der Waals surface area contributed by atoms with Gasteiger partial charge in [0.25, 0.3) is 0 Å². The van der Waals surface area contributed by atoms with Gasteiger partial charge >= 0.3 is 0 Å². The molecule has 0 saturated heterocycles. The van der Waals surface area contributed by atoms with Gasteiger partial charge in [-0.2, -0.15) is 0 Å². The fourth-order valence-electron chi connectivity index (χ4n) is 4.60. The summed E-state index contributed by atoms with van der Waals surface area (Å²) in [6.07, 6.45) is 1.46. The minimum Gasteiger partial charge on any atom is -0.308 e. The standard InChI is InChI=1S/C31H21NS/c32-20-25-12-7-13-30-31(25)28-19-24(15-17-29(28)33-30)23-14-16-26(21-8-3-1-4-9-21)27(18-23)22-10-5-2-6-11-22/h1-20,32H. The van der Waals surface area contributed by atoms with E-state index in [-0.39, 0.29) is 0 Å². The highest BCUT2D eigenvalue weighted by Gasteiger charge is 2.12. The Labute approximate surface area is 197 Å². The van der Waals surface area contributed by atoms with E-state index in [1.54, 1.807) is 11.3 Å². The molecule has 5 aromatic carbocycles. The van der Waals surface area contributed by atoms with Crippen LogP contribution >= 0.6 is 11.3 Å². The van der Waals surface area contributed by atoms with Crippen LogP contribution in [-0.4, -0.2) is 6.21 Å². The number of hydrogen-bond acceptors (Lipinski definition) is 2. The molecule has 1 nitrogen and oxygen atoms in total. The summed E-state index contributed by atoms with van der Waals surface area (Å²) in [7, 11) is 0. The molecule has 0 bridgehead atoms. The van der Waals surface area contributed by atoms with E-state index in [9.17, 15) is 0 Å². The Morgan fingerprint density at radius 2 is 1.18 bits per heavy atom. The van der Waals surface area contributed by atoms with Gasteiger partial charge in [-0.15, -0.1) is 11.3 Å². The van der Waals surface area contributed by atoms with Crippen molar-refractivity contribution in [2.75, 3.05) is 0 Å². The van der Waals surface area contributed by atoms with Gasteiger partial charge in [0.15, 0.2) is 0 Å². The second kappa shape index (κ2) is 8.16. The Balaban J connectivity index is 1.57. The van der Waals surface area contributed by atoms with E-state index >= 15 is 0 Å². The van der Waals surface area contributed by atoms with E-state index in [0.29, 0.717) is 0 Å². The van der Waals surface area contributed by atoms with Gasteiger partial charge in [-0.3, -0.25) is 0 Å². The predicted molar refractivity (Wildman–Crippen MR) is 144 cm³/mol. The molecule has 0 radical (unpaired) electrons. The van der Waals surface area contributed by atoms with Gasteiger partial charge in [0.1, 0.15) is 0 Å². The lowest BCUT2D eigenvalue weighted by Gasteiger charge is -2.13. The Morgan fingerprint density at radius 3 is 1.91 bits per heavy atom. The highest BCUT2D eigenvalue weighted by atomic mass is 32.1. The molecule has 2 heteroatoms. The molecular weight excluding hydrogens is 418 g/mol. The van der Waals surface area contributed by atoms with Gasteiger partial charge in [-0.1, -0.05) is 91.0 Å². The summed E-state index contributed by atoms with van der Waals surface area (Å²) >= 11 is 1.79. The molecule has 33 heavy (non-hydrogen) atoms. The van der Waals surface area contributed by atoms with Crippen LogP contribution in [0.3, 0.4) is 0 Å². The van der Waals surface area contributed by atoms with E-state index in [4.69, 9.17) is 5.41 Å². The van der Waals surface area contributed by atoms with Crippen molar-refractivity contribution >= 4 is 37.7 Å². The van der Waals surface area contributed by atoms with Crippen LogP contribution in [0, 0.1) is 5.41 Å². The monoisotopic (exact) mass is 439 g/mol. The van der Waals surface area contributed by atoms with Crippen LogP contribution in [0.1, 0.15) is 5.56 Å². The van der Waals surface area contributed by atoms with Crippen molar-refractivity contribution in [1.82, 2.24) is 0 Å². The molecule has 6 aromatic rings. The van der Waals surface area contributed by atoms with Gasteiger partial charge < -0.3 is 5.41 Å². The molecule has 0 unspecified atom stereocenters. The number of thiophene rings is 1. The lowest BCUT2D eigenvalue weighted by Crippen LogP contribution is -1.88. The molecule has 6 rings (SSSR count). The molecule has 0 aliphatic rings. The second-order valence-electron chi connectivity index (χ2n) is 8.17. The molecule has 1 N–H and O–H groups in total. The zero-order chi connectivity index (χ0) is 22.2. The van der Waals surface area contributed by atoms with E-state index in [1.807, 2.05) is 12.1 Å². The van der Waals surface area contributed by atoms with Crippen molar-refractivity contribution in [3.8, 4) is 33.4 Å².